The predicted molar refractivity (Wildman–Crippen MR) is 102 cm³/mol. The molecule has 0 spiro atoms. The van der Waals surface area contributed by atoms with Crippen LogP contribution in [-0.2, 0) is 22.3 Å². The SMILES string of the molecule is COCc1c(C2=NNC(=Cc3ccccc3)O2)nnn1-c1cccc(C(F)(F)F)c1. The molecule has 1 aliphatic rings. The van der Waals surface area contributed by atoms with Crippen molar-refractivity contribution in [2.75, 3.05) is 7.11 Å². The topological polar surface area (TPSA) is 73.6 Å². The number of nitrogens with one attached hydrogen (secondary N) is 1. The Labute approximate surface area is 169 Å². The molecule has 0 unspecified atom stereocenters. The number of rotatable bonds is 5. The summed E-state index contributed by atoms with van der Waals surface area (Å²) in [5.74, 6) is 0.524. The fraction of sp³-hybridized carbons (Fsp3) is 0.150. The van der Waals surface area contributed by atoms with Crippen LogP contribution in [0.3, 0.4) is 0 Å². The molecule has 0 saturated heterocycles. The average molecular weight is 415 g/mol. The minimum absolute atomic E-state index is 0.0404. The summed E-state index contributed by atoms with van der Waals surface area (Å²) >= 11 is 0. The van der Waals surface area contributed by atoms with E-state index in [2.05, 4.69) is 20.8 Å². The Bertz CT molecular complexity index is 1110. The van der Waals surface area contributed by atoms with Gasteiger partial charge in [0.15, 0.2) is 5.69 Å². The van der Waals surface area contributed by atoms with Gasteiger partial charge in [-0.25, -0.2) is 10.1 Å². The van der Waals surface area contributed by atoms with Gasteiger partial charge in [-0.3, -0.25) is 0 Å². The molecule has 0 aliphatic carbocycles. The van der Waals surface area contributed by atoms with Gasteiger partial charge in [0.2, 0.25) is 5.88 Å². The maximum Gasteiger partial charge on any atom is 0.416 e. The number of halogens is 3. The molecule has 154 valence electrons. The molecule has 10 heteroatoms. The number of ether oxygens (including phenoxy) is 2. The third kappa shape index (κ3) is 4.03. The minimum atomic E-state index is -4.47. The van der Waals surface area contributed by atoms with Gasteiger partial charge in [0.05, 0.1) is 17.9 Å². The van der Waals surface area contributed by atoms with Crippen LogP contribution in [0.15, 0.2) is 65.6 Å². The van der Waals surface area contributed by atoms with Gasteiger partial charge in [0, 0.05) is 13.2 Å². The molecule has 0 fully saturated rings. The van der Waals surface area contributed by atoms with E-state index in [4.69, 9.17) is 9.47 Å². The molecule has 7 nitrogen and oxygen atoms in total. The first-order valence-electron chi connectivity index (χ1n) is 8.85. The summed E-state index contributed by atoms with van der Waals surface area (Å²) < 4.78 is 51.4. The van der Waals surface area contributed by atoms with Crippen molar-refractivity contribution in [1.29, 1.82) is 0 Å². The van der Waals surface area contributed by atoms with E-state index in [-0.39, 0.29) is 23.9 Å². The minimum Gasteiger partial charge on any atom is -0.417 e. The fourth-order valence-corrected chi connectivity index (χ4v) is 2.87. The largest absolute Gasteiger partial charge is 0.417 e. The third-order valence-electron chi connectivity index (χ3n) is 4.24. The van der Waals surface area contributed by atoms with Gasteiger partial charge in [-0.05, 0) is 23.8 Å². The monoisotopic (exact) mass is 415 g/mol. The number of hydrogen-bond acceptors (Lipinski definition) is 6. The normalized spacial score (nSPS) is 15.1. The first-order valence-corrected chi connectivity index (χ1v) is 8.85. The summed E-state index contributed by atoms with van der Waals surface area (Å²) in [6, 6.07) is 14.3. The molecule has 0 atom stereocenters. The van der Waals surface area contributed by atoms with Crippen LogP contribution < -0.4 is 5.43 Å². The average Bonchev–Trinajstić information content (AvgIpc) is 3.35. The zero-order chi connectivity index (χ0) is 21.1. The molecule has 0 radical (unpaired) electrons. The van der Waals surface area contributed by atoms with E-state index in [1.807, 2.05) is 30.3 Å². The maximum absolute atomic E-state index is 13.1. The zero-order valence-corrected chi connectivity index (χ0v) is 15.7. The summed E-state index contributed by atoms with van der Waals surface area (Å²) in [4.78, 5) is 0. The van der Waals surface area contributed by atoms with E-state index in [0.29, 0.717) is 11.6 Å². The van der Waals surface area contributed by atoms with E-state index in [9.17, 15) is 13.2 Å². The summed E-state index contributed by atoms with van der Waals surface area (Å²) in [5.41, 5.74) is 3.74. The summed E-state index contributed by atoms with van der Waals surface area (Å²) in [7, 11) is 1.46. The second-order valence-electron chi connectivity index (χ2n) is 6.33. The number of alkyl halides is 3. The Morgan fingerprint density at radius 1 is 1.13 bits per heavy atom. The molecule has 2 aromatic carbocycles. The van der Waals surface area contributed by atoms with Gasteiger partial charge in [0.25, 0.3) is 5.90 Å². The molecule has 3 aromatic rings. The lowest BCUT2D eigenvalue weighted by Crippen LogP contribution is -2.11. The molecule has 0 amide bonds. The fourth-order valence-electron chi connectivity index (χ4n) is 2.87. The smallest absolute Gasteiger partial charge is 0.416 e. The molecule has 0 bridgehead atoms. The Morgan fingerprint density at radius 2 is 1.93 bits per heavy atom. The van der Waals surface area contributed by atoms with Gasteiger partial charge in [-0.15, -0.1) is 10.2 Å². The van der Waals surface area contributed by atoms with Gasteiger partial charge < -0.3 is 9.47 Å². The lowest BCUT2D eigenvalue weighted by molar-refractivity contribution is -0.137. The number of hydrazone groups is 1. The Hall–Kier alpha value is -3.66. The Balaban J connectivity index is 1.65. The van der Waals surface area contributed by atoms with Gasteiger partial charge in [-0.1, -0.05) is 41.6 Å². The molecule has 1 N–H and O–H groups in total. The van der Waals surface area contributed by atoms with Crippen LogP contribution in [0.5, 0.6) is 0 Å². The van der Waals surface area contributed by atoms with Crippen LogP contribution in [0.1, 0.15) is 22.5 Å². The molecular weight excluding hydrogens is 399 g/mol. The van der Waals surface area contributed by atoms with Crippen molar-refractivity contribution < 1.29 is 22.6 Å². The third-order valence-corrected chi connectivity index (χ3v) is 4.24. The molecule has 1 aromatic heterocycles. The number of benzene rings is 2. The highest BCUT2D eigenvalue weighted by atomic mass is 19.4. The highest BCUT2D eigenvalue weighted by molar-refractivity contribution is 5.95. The second-order valence-corrected chi connectivity index (χ2v) is 6.33. The van der Waals surface area contributed by atoms with Crippen molar-refractivity contribution in [2.24, 2.45) is 5.10 Å². The molecule has 30 heavy (non-hydrogen) atoms. The maximum atomic E-state index is 13.1. The summed E-state index contributed by atoms with van der Waals surface area (Å²) in [5, 5.41) is 12.2. The molecule has 2 heterocycles. The molecule has 0 saturated carbocycles. The lowest BCUT2D eigenvalue weighted by atomic mass is 10.2. The number of nitrogens with zero attached hydrogens (tertiary/aromatic N) is 4. The van der Waals surface area contributed by atoms with Gasteiger partial charge in [-0.2, -0.15) is 13.2 Å². The summed E-state index contributed by atoms with van der Waals surface area (Å²) in [6.07, 6.45) is -2.72. The van der Waals surface area contributed by atoms with E-state index in [1.165, 1.54) is 23.9 Å². The predicted octanol–water partition coefficient (Wildman–Crippen LogP) is 3.71. The van der Waals surface area contributed by atoms with E-state index < -0.39 is 11.7 Å². The van der Waals surface area contributed by atoms with E-state index >= 15 is 0 Å². The number of hydrogen-bond donors (Lipinski definition) is 1. The number of methoxy groups -OCH3 is 1. The van der Waals surface area contributed by atoms with Crippen molar-refractivity contribution in [3.63, 3.8) is 0 Å². The summed E-state index contributed by atoms with van der Waals surface area (Å²) in [6.45, 7) is 0.0404. The van der Waals surface area contributed by atoms with Crippen molar-refractivity contribution in [3.8, 4) is 5.69 Å². The quantitative estimate of drug-likeness (QED) is 0.688. The van der Waals surface area contributed by atoms with Crippen molar-refractivity contribution in [1.82, 2.24) is 20.4 Å². The first-order chi connectivity index (χ1) is 14.5. The Morgan fingerprint density at radius 3 is 2.67 bits per heavy atom. The van der Waals surface area contributed by atoms with Gasteiger partial charge in [0.1, 0.15) is 5.69 Å². The first kappa shape index (κ1) is 19.6. The van der Waals surface area contributed by atoms with Crippen molar-refractivity contribution in [2.45, 2.75) is 12.8 Å². The molecular formula is C20H16F3N5O2. The van der Waals surface area contributed by atoms with E-state index in [0.717, 1.165) is 17.7 Å². The highest BCUT2D eigenvalue weighted by Gasteiger charge is 2.31. The standard InChI is InChI=1S/C20H16F3N5O2/c1-29-12-16-18(19-26-24-17(30-19)10-13-6-3-2-4-7-13)25-27-28(16)15-9-5-8-14(11-15)20(21,22)23/h2-11,24H,12H2,1H3. The van der Waals surface area contributed by atoms with Crippen LogP contribution in [0, 0.1) is 0 Å². The number of aromatic nitrogens is 3. The van der Waals surface area contributed by atoms with Crippen LogP contribution in [-0.4, -0.2) is 28.0 Å². The van der Waals surface area contributed by atoms with Crippen LogP contribution >= 0.6 is 0 Å². The highest BCUT2D eigenvalue weighted by Crippen LogP contribution is 2.30. The van der Waals surface area contributed by atoms with Gasteiger partial charge >= 0.3 is 6.18 Å². The molecule has 4 rings (SSSR count). The lowest BCUT2D eigenvalue weighted by Gasteiger charge is -2.10. The molecule has 1 aliphatic heterocycles. The second kappa shape index (κ2) is 7.99. The Kier molecular flexibility index (Phi) is 5.23. The van der Waals surface area contributed by atoms with Crippen LogP contribution in [0.25, 0.3) is 11.8 Å². The van der Waals surface area contributed by atoms with Crippen molar-refractivity contribution in [3.05, 3.63) is 83.0 Å². The van der Waals surface area contributed by atoms with Crippen LogP contribution in [0.2, 0.25) is 0 Å². The van der Waals surface area contributed by atoms with Crippen molar-refractivity contribution >= 4 is 12.0 Å². The zero-order valence-electron chi connectivity index (χ0n) is 15.7. The van der Waals surface area contributed by atoms with Crippen LogP contribution in [0.4, 0.5) is 13.2 Å². The van der Waals surface area contributed by atoms with E-state index in [1.54, 1.807) is 6.08 Å².